The van der Waals surface area contributed by atoms with Crippen molar-refractivity contribution in [1.29, 1.82) is 0 Å². The van der Waals surface area contributed by atoms with Crippen LogP contribution in [-0.2, 0) is 22.7 Å². The molecule has 1 fully saturated rings. The number of nitrogens with one attached hydrogen (secondary N) is 1. The first-order valence-electron chi connectivity index (χ1n) is 10.4. The molecule has 0 aliphatic carbocycles. The van der Waals surface area contributed by atoms with Crippen LogP contribution < -0.4 is 5.32 Å². The van der Waals surface area contributed by atoms with E-state index >= 15 is 0 Å². The Balaban J connectivity index is 1.39. The van der Waals surface area contributed by atoms with Gasteiger partial charge in [-0.25, -0.2) is 4.98 Å². The Morgan fingerprint density at radius 1 is 1.20 bits per heavy atom. The number of nitrogens with zero attached hydrogens (tertiary/aromatic N) is 3. The number of hydrogen-bond acceptors (Lipinski definition) is 4. The number of imidazole rings is 1. The Hall–Kier alpha value is -2.38. The van der Waals surface area contributed by atoms with E-state index in [9.17, 15) is 9.59 Å². The highest BCUT2D eigenvalue weighted by molar-refractivity contribution is 6.30. The molecular weight excluding hydrogens is 404 g/mol. The number of amides is 2. The molecule has 7 nitrogen and oxygen atoms in total. The van der Waals surface area contributed by atoms with Crippen molar-refractivity contribution in [2.24, 2.45) is 5.92 Å². The molecule has 0 spiro atoms. The fourth-order valence-corrected chi connectivity index (χ4v) is 4.21. The van der Waals surface area contributed by atoms with Crippen molar-refractivity contribution in [2.75, 3.05) is 13.1 Å². The van der Waals surface area contributed by atoms with Crippen molar-refractivity contribution in [3.05, 3.63) is 52.6 Å². The van der Waals surface area contributed by atoms with Crippen LogP contribution in [0.15, 0.2) is 30.6 Å². The van der Waals surface area contributed by atoms with Crippen LogP contribution in [0.2, 0.25) is 5.02 Å². The first kappa shape index (κ1) is 20.9. The van der Waals surface area contributed by atoms with Crippen molar-refractivity contribution < 1.29 is 14.3 Å². The monoisotopic (exact) mass is 430 g/mol. The Bertz CT molecular complexity index is 917. The van der Waals surface area contributed by atoms with Gasteiger partial charge in [0.2, 0.25) is 5.91 Å². The van der Waals surface area contributed by atoms with Crippen LogP contribution in [0.25, 0.3) is 0 Å². The van der Waals surface area contributed by atoms with Gasteiger partial charge in [0.25, 0.3) is 5.91 Å². The van der Waals surface area contributed by atoms with E-state index in [-0.39, 0.29) is 29.9 Å². The quantitative estimate of drug-likeness (QED) is 0.808. The number of likely N-dealkylation sites (tertiary alicyclic amines) is 1. The van der Waals surface area contributed by atoms with E-state index in [0.29, 0.717) is 49.8 Å². The number of fused-ring (bicyclic) bond motifs is 1. The summed E-state index contributed by atoms with van der Waals surface area (Å²) in [4.78, 5) is 31.5. The minimum Gasteiger partial charge on any atom is -0.365 e. The molecule has 1 aromatic heterocycles. The summed E-state index contributed by atoms with van der Waals surface area (Å²) in [5.74, 6) is -0.0334. The molecule has 1 saturated heterocycles. The summed E-state index contributed by atoms with van der Waals surface area (Å²) in [7, 11) is 0. The summed E-state index contributed by atoms with van der Waals surface area (Å²) >= 11 is 5.97. The summed E-state index contributed by atoms with van der Waals surface area (Å²) in [6, 6.07) is 7.75. The summed E-state index contributed by atoms with van der Waals surface area (Å²) < 4.78 is 8.02. The lowest BCUT2D eigenvalue weighted by molar-refractivity contribution is -0.126. The maximum Gasteiger partial charge on any atom is 0.274 e. The summed E-state index contributed by atoms with van der Waals surface area (Å²) in [6.45, 7) is 5.98. The summed E-state index contributed by atoms with van der Waals surface area (Å²) in [5.41, 5.74) is 2.31. The Kier molecular flexibility index (Phi) is 6.11. The van der Waals surface area contributed by atoms with Crippen LogP contribution in [0.1, 0.15) is 54.5 Å². The van der Waals surface area contributed by atoms with Gasteiger partial charge in [0.15, 0.2) is 5.69 Å². The summed E-state index contributed by atoms with van der Waals surface area (Å²) in [5, 5.41) is 3.65. The van der Waals surface area contributed by atoms with Gasteiger partial charge in [0.1, 0.15) is 6.10 Å². The fourth-order valence-electron chi connectivity index (χ4n) is 4.08. The van der Waals surface area contributed by atoms with E-state index in [1.165, 1.54) is 0 Å². The number of hydrogen-bond donors (Lipinski definition) is 1. The number of carbonyl (C=O) groups is 2. The van der Waals surface area contributed by atoms with Gasteiger partial charge in [0.05, 0.1) is 25.2 Å². The minimum absolute atomic E-state index is 0.0316. The molecule has 8 heteroatoms. The highest BCUT2D eigenvalue weighted by atomic mass is 35.5. The molecule has 160 valence electrons. The molecule has 0 radical (unpaired) electrons. The van der Waals surface area contributed by atoms with E-state index < -0.39 is 0 Å². The van der Waals surface area contributed by atoms with Crippen LogP contribution in [0.3, 0.4) is 0 Å². The van der Waals surface area contributed by atoms with E-state index in [1.54, 1.807) is 11.2 Å². The van der Waals surface area contributed by atoms with Gasteiger partial charge in [-0.05, 0) is 44.4 Å². The first-order valence-corrected chi connectivity index (χ1v) is 10.8. The van der Waals surface area contributed by atoms with Crippen LogP contribution in [0, 0.1) is 5.92 Å². The third kappa shape index (κ3) is 4.37. The molecular formula is C22H27ClN4O3. The van der Waals surface area contributed by atoms with E-state index in [0.717, 1.165) is 11.3 Å². The molecule has 1 atom stereocenters. The fraction of sp³-hybridized carbons (Fsp3) is 0.500. The molecule has 3 heterocycles. The van der Waals surface area contributed by atoms with Crippen molar-refractivity contribution in [1.82, 2.24) is 19.8 Å². The van der Waals surface area contributed by atoms with Gasteiger partial charge in [-0.3, -0.25) is 9.59 Å². The predicted octanol–water partition coefficient (Wildman–Crippen LogP) is 3.18. The average molecular weight is 431 g/mol. The van der Waals surface area contributed by atoms with E-state index in [4.69, 9.17) is 16.3 Å². The van der Waals surface area contributed by atoms with Crippen LogP contribution >= 0.6 is 11.6 Å². The second-order valence-electron chi connectivity index (χ2n) is 8.27. The molecule has 0 saturated carbocycles. The highest BCUT2D eigenvalue weighted by Crippen LogP contribution is 2.29. The standard InChI is InChI=1S/C22H27ClN4O3/c1-14(2)25-21(28)16-7-9-26(10-8-16)22(29)20-18-12-30-19(11-27(18)13-24-20)15-3-5-17(23)6-4-15/h3-6,13-14,16,19H,7-12H2,1-2H3,(H,25,28)/t19-/m0/s1. The minimum atomic E-state index is -0.0952. The number of benzene rings is 1. The molecule has 2 aliphatic rings. The molecule has 1 N–H and O–H groups in total. The number of piperidine rings is 1. The zero-order valence-corrected chi connectivity index (χ0v) is 18.1. The average Bonchev–Trinajstić information content (AvgIpc) is 3.16. The largest absolute Gasteiger partial charge is 0.365 e. The van der Waals surface area contributed by atoms with Crippen molar-refractivity contribution in [3.8, 4) is 0 Å². The van der Waals surface area contributed by atoms with Crippen LogP contribution in [-0.4, -0.2) is 45.4 Å². The van der Waals surface area contributed by atoms with Gasteiger partial charge in [-0.1, -0.05) is 23.7 Å². The lowest BCUT2D eigenvalue weighted by atomic mass is 9.95. The maximum absolute atomic E-state index is 13.1. The van der Waals surface area contributed by atoms with Crippen molar-refractivity contribution >= 4 is 23.4 Å². The Morgan fingerprint density at radius 3 is 2.57 bits per heavy atom. The third-order valence-electron chi connectivity index (χ3n) is 5.76. The third-order valence-corrected chi connectivity index (χ3v) is 6.01. The number of rotatable bonds is 4. The van der Waals surface area contributed by atoms with E-state index in [2.05, 4.69) is 10.3 Å². The second-order valence-corrected chi connectivity index (χ2v) is 8.71. The normalized spacial score (nSPS) is 19.6. The maximum atomic E-state index is 13.1. The van der Waals surface area contributed by atoms with Crippen LogP contribution in [0.5, 0.6) is 0 Å². The van der Waals surface area contributed by atoms with Gasteiger partial charge >= 0.3 is 0 Å². The molecule has 2 amide bonds. The van der Waals surface area contributed by atoms with Gasteiger partial charge in [-0.2, -0.15) is 0 Å². The molecule has 0 unspecified atom stereocenters. The van der Waals surface area contributed by atoms with Gasteiger partial charge in [-0.15, -0.1) is 0 Å². The van der Waals surface area contributed by atoms with Crippen molar-refractivity contribution in [2.45, 2.75) is 52.0 Å². The molecule has 2 aliphatic heterocycles. The lowest BCUT2D eigenvalue weighted by Crippen LogP contribution is -2.44. The zero-order chi connectivity index (χ0) is 21.3. The van der Waals surface area contributed by atoms with Gasteiger partial charge in [0, 0.05) is 30.1 Å². The number of ether oxygens (including phenoxy) is 1. The first-order chi connectivity index (χ1) is 14.4. The smallest absolute Gasteiger partial charge is 0.274 e. The lowest BCUT2D eigenvalue weighted by Gasteiger charge is -2.32. The molecule has 4 rings (SSSR count). The molecule has 30 heavy (non-hydrogen) atoms. The molecule has 1 aromatic carbocycles. The molecule has 0 bridgehead atoms. The number of aromatic nitrogens is 2. The zero-order valence-electron chi connectivity index (χ0n) is 17.3. The summed E-state index contributed by atoms with van der Waals surface area (Å²) in [6.07, 6.45) is 2.98. The highest BCUT2D eigenvalue weighted by Gasteiger charge is 2.32. The van der Waals surface area contributed by atoms with E-state index in [1.807, 2.05) is 42.7 Å². The number of halogens is 1. The topological polar surface area (TPSA) is 76.5 Å². The second kappa shape index (κ2) is 8.78. The van der Waals surface area contributed by atoms with Crippen molar-refractivity contribution in [3.63, 3.8) is 0 Å². The van der Waals surface area contributed by atoms with Gasteiger partial charge < -0.3 is 19.5 Å². The SMILES string of the molecule is CC(C)NC(=O)C1CCN(C(=O)c2ncn3c2CO[C@H](c2ccc(Cl)cc2)C3)CC1. The van der Waals surface area contributed by atoms with Crippen LogP contribution in [0.4, 0.5) is 0 Å². The predicted molar refractivity (Wildman–Crippen MR) is 113 cm³/mol. The molecule has 2 aromatic rings. The Morgan fingerprint density at radius 2 is 1.90 bits per heavy atom. The number of carbonyl (C=O) groups excluding carboxylic acids is 2. The Labute approximate surface area is 181 Å².